The van der Waals surface area contributed by atoms with Gasteiger partial charge < -0.3 is 4.74 Å². The van der Waals surface area contributed by atoms with Crippen molar-refractivity contribution in [2.45, 2.75) is 6.04 Å². The van der Waals surface area contributed by atoms with Crippen LogP contribution in [0.5, 0.6) is 0 Å². The van der Waals surface area contributed by atoms with Gasteiger partial charge in [-0.1, -0.05) is 43.0 Å². The van der Waals surface area contributed by atoms with Crippen molar-refractivity contribution in [2.75, 3.05) is 6.61 Å². The fraction of sp³-hybridized carbons (Fsp3) is 0.154. The molecule has 1 aliphatic heterocycles. The molecule has 0 saturated carbocycles. The molecule has 1 aliphatic rings. The standard InChI is InChI=1S/C13H13NO2/c1-2-3-9-14-12(10-16-13(14)15)11-7-5-4-6-8-11/h2-9,12H,1,10H2/b9-3-/t12-/m0/s1. The molecule has 1 fully saturated rings. The van der Waals surface area contributed by atoms with E-state index in [4.69, 9.17) is 4.74 Å². The number of rotatable bonds is 3. The first kappa shape index (κ1) is 10.5. The highest BCUT2D eigenvalue weighted by atomic mass is 16.6. The first-order valence-corrected chi connectivity index (χ1v) is 5.12. The number of hydrogen-bond donors (Lipinski definition) is 0. The minimum Gasteiger partial charge on any atom is -0.447 e. The van der Waals surface area contributed by atoms with Gasteiger partial charge in [-0.15, -0.1) is 0 Å². The smallest absolute Gasteiger partial charge is 0.414 e. The van der Waals surface area contributed by atoms with Gasteiger partial charge in [-0.25, -0.2) is 4.79 Å². The van der Waals surface area contributed by atoms with Crippen LogP contribution in [0.1, 0.15) is 11.6 Å². The Kier molecular flexibility index (Phi) is 3.05. The van der Waals surface area contributed by atoms with Crippen LogP contribution in [0, 0.1) is 0 Å². The highest BCUT2D eigenvalue weighted by molar-refractivity contribution is 5.71. The van der Waals surface area contributed by atoms with Crippen molar-refractivity contribution in [1.82, 2.24) is 4.90 Å². The van der Waals surface area contributed by atoms with Gasteiger partial charge in [-0.2, -0.15) is 0 Å². The maximum absolute atomic E-state index is 11.5. The minimum atomic E-state index is -0.313. The summed E-state index contributed by atoms with van der Waals surface area (Å²) >= 11 is 0. The Hall–Kier alpha value is -2.03. The molecule has 1 amide bonds. The molecule has 0 spiro atoms. The van der Waals surface area contributed by atoms with Crippen LogP contribution in [0.2, 0.25) is 0 Å². The van der Waals surface area contributed by atoms with Gasteiger partial charge in [0.15, 0.2) is 0 Å². The largest absolute Gasteiger partial charge is 0.447 e. The minimum absolute atomic E-state index is 0.0371. The molecule has 82 valence electrons. The van der Waals surface area contributed by atoms with Gasteiger partial charge >= 0.3 is 6.09 Å². The van der Waals surface area contributed by atoms with E-state index in [9.17, 15) is 4.79 Å². The van der Waals surface area contributed by atoms with Crippen LogP contribution in [0.15, 0.2) is 55.3 Å². The lowest BCUT2D eigenvalue weighted by Gasteiger charge is -2.17. The molecule has 0 radical (unpaired) electrons. The van der Waals surface area contributed by atoms with E-state index in [-0.39, 0.29) is 12.1 Å². The second kappa shape index (κ2) is 4.66. The van der Waals surface area contributed by atoms with Crippen molar-refractivity contribution in [3.63, 3.8) is 0 Å². The van der Waals surface area contributed by atoms with E-state index in [2.05, 4.69) is 6.58 Å². The fourth-order valence-electron chi connectivity index (χ4n) is 1.68. The van der Waals surface area contributed by atoms with Gasteiger partial charge in [0, 0.05) is 6.20 Å². The molecule has 0 unspecified atom stereocenters. The van der Waals surface area contributed by atoms with E-state index in [1.807, 2.05) is 30.3 Å². The molecule has 1 saturated heterocycles. The molecule has 0 aromatic heterocycles. The summed E-state index contributed by atoms with van der Waals surface area (Å²) in [6.45, 7) is 3.97. The van der Waals surface area contributed by atoms with E-state index in [1.165, 1.54) is 0 Å². The second-order valence-electron chi connectivity index (χ2n) is 3.49. The summed E-state index contributed by atoms with van der Waals surface area (Å²) in [6, 6.07) is 9.79. The summed E-state index contributed by atoms with van der Waals surface area (Å²) < 4.78 is 5.03. The van der Waals surface area contributed by atoms with Gasteiger partial charge in [-0.3, -0.25) is 4.90 Å². The van der Waals surface area contributed by atoms with Crippen LogP contribution >= 0.6 is 0 Å². The second-order valence-corrected chi connectivity index (χ2v) is 3.49. The molecule has 3 nitrogen and oxygen atoms in total. The normalized spacial score (nSPS) is 20.1. The number of cyclic esters (lactones) is 1. The van der Waals surface area contributed by atoms with Crippen LogP contribution < -0.4 is 0 Å². The Balaban J connectivity index is 2.24. The number of nitrogens with zero attached hydrogens (tertiary/aromatic N) is 1. The van der Waals surface area contributed by atoms with Crippen molar-refractivity contribution >= 4 is 6.09 Å². The lowest BCUT2D eigenvalue weighted by Crippen LogP contribution is -2.21. The Morgan fingerprint density at radius 1 is 1.38 bits per heavy atom. The Bertz CT molecular complexity index is 411. The Labute approximate surface area is 94.6 Å². The molecule has 0 aliphatic carbocycles. The quantitative estimate of drug-likeness (QED) is 0.725. The third kappa shape index (κ3) is 1.98. The molecule has 1 heterocycles. The summed E-state index contributed by atoms with van der Waals surface area (Å²) in [5.41, 5.74) is 1.07. The molecule has 16 heavy (non-hydrogen) atoms. The van der Waals surface area contributed by atoms with E-state index in [0.29, 0.717) is 6.61 Å². The number of amides is 1. The third-order valence-electron chi connectivity index (χ3n) is 2.48. The molecular formula is C13H13NO2. The molecule has 1 atom stereocenters. The number of allylic oxidation sites excluding steroid dienone is 2. The monoisotopic (exact) mass is 215 g/mol. The summed E-state index contributed by atoms with van der Waals surface area (Å²) in [5.74, 6) is 0. The zero-order chi connectivity index (χ0) is 11.4. The van der Waals surface area contributed by atoms with Gasteiger partial charge in [0.2, 0.25) is 0 Å². The summed E-state index contributed by atoms with van der Waals surface area (Å²) in [6.07, 6.45) is 4.74. The topological polar surface area (TPSA) is 29.5 Å². The van der Waals surface area contributed by atoms with Gasteiger partial charge in [0.25, 0.3) is 0 Å². The first-order valence-electron chi connectivity index (χ1n) is 5.12. The van der Waals surface area contributed by atoms with Gasteiger partial charge in [0.1, 0.15) is 6.61 Å². The highest BCUT2D eigenvalue weighted by Gasteiger charge is 2.32. The number of hydrogen-bond acceptors (Lipinski definition) is 2. The molecule has 0 bridgehead atoms. The van der Waals surface area contributed by atoms with Crippen molar-refractivity contribution in [3.05, 3.63) is 60.8 Å². The van der Waals surface area contributed by atoms with Crippen molar-refractivity contribution in [3.8, 4) is 0 Å². The number of carbonyl (C=O) groups is 1. The highest BCUT2D eigenvalue weighted by Crippen LogP contribution is 2.27. The van der Waals surface area contributed by atoms with Gasteiger partial charge in [-0.05, 0) is 11.6 Å². The number of benzene rings is 1. The van der Waals surface area contributed by atoms with Crippen LogP contribution in [0.4, 0.5) is 4.79 Å². The Morgan fingerprint density at radius 2 is 2.12 bits per heavy atom. The molecule has 3 heteroatoms. The van der Waals surface area contributed by atoms with Crippen molar-refractivity contribution in [2.24, 2.45) is 0 Å². The average Bonchev–Trinajstić information content (AvgIpc) is 2.69. The molecule has 1 aromatic rings. The van der Waals surface area contributed by atoms with E-state index in [0.717, 1.165) is 5.56 Å². The maximum atomic E-state index is 11.5. The summed E-state index contributed by atoms with van der Waals surface area (Å²) in [7, 11) is 0. The molecule has 2 rings (SSSR count). The SMILES string of the molecule is C=C/C=C\N1C(=O)OC[C@H]1c1ccccc1. The average molecular weight is 215 g/mol. The predicted molar refractivity (Wildman–Crippen MR) is 61.7 cm³/mol. The summed E-state index contributed by atoms with van der Waals surface area (Å²) in [5, 5.41) is 0. The molecule has 1 aromatic carbocycles. The molecular weight excluding hydrogens is 202 g/mol. The zero-order valence-corrected chi connectivity index (χ0v) is 8.87. The number of ether oxygens (including phenoxy) is 1. The van der Waals surface area contributed by atoms with E-state index < -0.39 is 0 Å². The third-order valence-corrected chi connectivity index (χ3v) is 2.48. The van der Waals surface area contributed by atoms with Crippen LogP contribution in [-0.2, 0) is 4.74 Å². The summed E-state index contributed by atoms with van der Waals surface area (Å²) in [4.78, 5) is 13.1. The lowest BCUT2D eigenvalue weighted by molar-refractivity contribution is 0.166. The van der Waals surface area contributed by atoms with E-state index >= 15 is 0 Å². The van der Waals surface area contributed by atoms with E-state index in [1.54, 1.807) is 23.3 Å². The lowest BCUT2D eigenvalue weighted by atomic mass is 10.1. The zero-order valence-electron chi connectivity index (χ0n) is 8.87. The fourth-order valence-corrected chi connectivity index (χ4v) is 1.68. The number of carbonyl (C=O) groups excluding carboxylic acids is 1. The van der Waals surface area contributed by atoms with Crippen LogP contribution in [0.25, 0.3) is 0 Å². The first-order chi connectivity index (χ1) is 7.83. The van der Waals surface area contributed by atoms with Crippen molar-refractivity contribution in [1.29, 1.82) is 0 Å². The Morgan fingerprint density at radius 3 is 2.81 bits per heavy atom. The molecule has 0 N–H and O–H groups in total. The predicted octanol–water partition coefficient (Wildman–Crippen LogP) is 2.88. The van der Waals surface area contributed by atoms with Crippen LogP contribution in [0.3, 0.4) is 0 Å². The van der Waals surface area contributed by atoms with Crippen LogP contribution in [-0.4, -0.2) is 17.6 Å². The van der Waals surface area contributed by atoms with Gasteiger partial charge in [0.05, 0.1) is 6.04 Å². The maximum Gasteiger partial charge on any atom is 0.414 e. The van der Waals surface area contributed by atoms with Crippen molar-refractivity contribution < 1.29 is 9.53 Å².